The lowest BCUT2D eigenvalue weighted by atomic mass is 9.93. The van der Waals surface area contributed by atoms with Gasteiger partial charge in [-0.05, 0) is 23.8 Å². The smallest absolute Gasteiger partial charge is 0.160 e. The fourth-order valence-electron chi connectivity index (χ4n) is 2.12. The van der Waals surface area contributed by atoms with Crippen molar-refractivity contribution in [3.05, 3.63) is 35.6 Å². The van der Waals surface area contributed by atoms with E-state index in [2.05, 4.69) is 0 Å². The first-order valence-corrected chi connectivity index (χ1v) is 5.07. The van der Waals surface area contributed by atoms with Crippen molar-refractivity contribution in [3.8, 4) is 5.75 Å². The first-order chi connectivity index (χ1) is 7.79. The molecule has 3 nitrogen and oxygen atoms in total. The van der Waals surface area contributed by atoms with E-state index < -0.39 is 0 Å². The van der Waals surface area contributed by atoms with E-state index in [1.807, 2.05) is 18.2 Å². The van der Waals surface area contributed by atoms with E-state index in [0.29, 0.717) is 6.42 Å². The lowest BCUT2D eigenvalue weighted by Crippen LogP contribution is -2.06. The maximum atomic E-state index is 11.4. The third-order valence-corrected chi connectivity index (χ3v) is 2.88. The minimum Gasteiger partial charge on any atom is -0.496 e. The zero-order chi connectivity index (χ0) is 11.1. The van der Waals surface area contributed by atoms with Gasteiger partial charge in [0.05, 0.1) is 13.4 Å². The number of methoxy groups -OCH3 is 1. The van der Waals surface area contributed by atoms with Crippen molar-refractivity contribution in [1.29, 1.82) is 0 Å². The van der Waals surface area contributed by atoms with Crippen LogP contribution in [-0.4, -0.2) is 12.9 Å². The number of rotatable bonds is 1. The van der Waals surface area contributed by atoms with Gasteiger partial charge in [-0.15, -0.1) is 0 Å². The maximum absolute atomic E-state index is 11.4. The Morgan fingerprint density at radius 2 is 2.25 bits per heavy atom. The van der Waals surface area contributed by atoms with Crippen LogP contribution in [0.3, 0.4) is 0 Å². The van der Waals surface area contributed by atoms with Crippen LogP contribution in [0.5, 0.6) is 5.75 Å². The predicted octanol–water partition coefficient (Wildman–Crippen LogP) is 2.58. The summed E-state index contributed by atoms with van der Waals surface area (Å²) in [5.41, 5.74) is 2.74. The van der Waals surface area contributed by atoms with Crippen LogP contribution in [0.25, 0.3) is 17.0 Å². The molecule has 0 spiro atoms. The average Bonchev–Trinajstić information content (AvgIpc) is 2.75. The van der Waals surface area contributed by atoms with Gasteiger partial charge in [-0.2, -0.15) is 0 Å². The Labute approximate surface area is 92.3 Å². The number of benzene rings is 1. The van der Waals surface area contributed by atoms with Gasteiger partial charge in [0.2, 0.25) is 0 Å². The molecule has 0 radical (unpaired) electrons. The Hall–Kier alpha value is -2.03. The van der Waals surface area contributed by atoms with Gasteiger partial charge in [-0.3, -0.25) is 4.79 Å². The molecule has 1 heterocycles. The van der Waals surface area contributed by atoms with Crippen LogP contribution in [0.15, 0.2) is 28.9 Å². The zero-order valence-corrected chi connectivity index (χ0v) is 8.82. The number of furan rings is 1. The standard InChI is InChI=1S/C13H10O3/c1-15-12-7-13-10(4-5-16-13)11-6-8(14)2-3-9(11)12/h2-5,7H,6H2,1H3. The molecule has 16 heavy (non-hydrogen) atoms. The SMILES string of the molecule is COc1cc2occc2c2c1C=CC(=O)C2. The second-order valence-corrected chi connectivity index (χ2v) is 3.78. The molecule has 1 aliphatic carbocycles. The molecule has 0 saturated carbocycles. The van der Waals surface area contributed by atoms with Crippen molar-refractivity contribution in [2.75, 3.05) is 7.11 Å². The van der Waals surface area contributed by atoms with Crippen molar-refractivity contribution >= 4 is 22.8 Å². The van der Waals surface area contributed by atoms with Crippen LogP contribution in [0.4, 0.5) is 0 Å². The molecule has 0 aliphatic heterocycles. The quantitative estimate of drug-likeness (QED) is 0.732. The summed E-state index contributed by atoms with van der Waals surface area (Å²) >= 11 is 0. The third kappa shape index (κ3) is 1.18. The largest absolute Gasteiger partial charge is 0.496 e. The van der Waals surface area contributed by atoms with Gasteiger partial charge < -0.3 is 9.15 Å². The number of ketones is 1. The van der Waals surface area contributed by atoms with Crippen LogP contribution in [0, 0.1) is 0 Å². The minimum atomic E-state index is 0.114. The molecule has 3 rings (SSSR count). The maximum Gasteiger partial charge on any atom is 0.160 e. The molecule has 2 aromatic rings. The van der Waals surface area contributed by atoms with Crippen molar-refractivity contribution in [3.63, 3.8) is 0 Å². The highest BCUT2D eigenvalue weighted by atomic mass is 16.5. The van der Waals surface area contributed by atoms with Gasteiger partial charge in [0, 0.05) is 23.4 Å². The lowest BCUT2D eigenvalue weighted by molar-refractivity contribution is -0.114. The van der Waals surface area contributed by atoms with E-state index in [1.54, 1.807) is 19.4 Å². The molecule has 1 aliphatic rings. The van der Waals surface area contributed by atoms with Gasteiger partial charge in [0.15, 0.2) is 5.78 Å². The van der Waals surface area contributed by atoms with E-state index in [9.17, 15) is 4.79 Å². The molecule has 0 bridgehead atoms. The van der Waals surface area contributed by atoms with Gasteiger partial charge >= 0.3 is 0 Å². The molecule has 0 saturated heterocycles. The van der Waals surface area contributed by atoms with Crippen molar-refractivity contribution in [2.24, 2.45) is 0 Å². The van der Waals surface area contributed by atoms with Crippen LogP contribution in [-0.2, 0) is 11.2 Å². The van der Waals surface area contributed by atoms with E-state index in [-0.39, 0.29) is 5.78 Å². The summed E-state index contributed by atoms with van der Waals surface area (Å²) < 4.78 is 10.6. The summed E-state index contributed by atoms with van der Waals surface area (Å²) in [6, 6.07) is 3.74. The lowest BCUT2D eigenvalue weighted by Gasteiger charge is -2.14. The average molecular weight is 214 g/mol. The highest BCUT2D eigenvalue weighted by Gasteiger charge is 2.19. The Kier molecular flexibility index (Phi) is 1.86. The highest BCUT2D eigenvalue weighted by molar-refractivity contribution is 6.03. The van der Waals surface area contributed by atoms with Crippen molar-refractivity contribution < 1.29 is 13.9 Å². The molecule has 0 unspecified atom stereocenters. The summed E-state index contributed by atoms with van der Waals surface area (Å²) in [5.74, 6) is 0.865. The Balaban J connectivity index is 2.39. The van der Waals surface area contributed by atoms with Crippen molar-refractivity contribution in [2.45, 2.75) is 6.42 Å². The first-order valence-electron chi connectivity index (χ1n) is 5.07. The summed E-state index contributed by atoms with van der Waals surface area (Å²) in [4.78, 5) is 11.4. The number of fused-ring (bicyclic) bond motifs is 3. The number of allylic oxidation sites excluding steroid dienone is 1. The molecule has 0 N–H and O–H groups in total. The van der Waals surface area contributed by atoms with E-state index in [4.69, 9.17) is 9.15 Å². The van der Waals surface area contributed by atoms with Gasteiger partial charge in [-0.25, -0.2) is 0 Å². The van der Waals surface area contributed by atoms with Crippen LogP contribution in [0.1, 0.15) is 11.1 Å². The first kappa shape index (κ1) is 9.21. The highest BCUT2D eigenvalue weighted by Crippen LogP contribution is 2.34. The number of hydrogen-bond donors (Lipinski definition) is 0. The van der Waals surface area contributed by atoms with Gasteiger partial charge in [0.25, 0.3) is 0 Å². The topological polar surface area (TPSA) is 39.4 Å². The van der Waals surface area contributed by atoms with Gasteiger partial charge in [0.1, 0.15) is 11.3 Å². The van der Waals surface area contributed by atoms with E-state index in [1.165, 1.54) is 0 Å². The number of carbonyl (C=O) groups excluding carboxylic acids is 1. The molecule has 3 heteroatoms. The Morgan fingerprint density at radius 3 is 3.06 bits per heavy atom. The second-order valence-electron chi connectivity index (χ2n) is 3.78. The zero-order valence-electron chi connectivity index (χ0n) is 8.82. The number of carbonyl (C=O) groups is 1. The molecule has 80 valence electrons. The Bertz CT molecular complexity index is 605. The van der Waals surface area contributed by atoms with Crippen LogP contribution >= 0.6 is 0 Å². The van der Waals surface area contributed by atoms with E-state index >= 15 is 0 Å². The van der Waals surface area contributed by atoms with Crippen LogP contribution < -0.4 is 4.74 Å². The fourth-order valence-corrected chi connectivity index (χ4v) is 2.12. The van der Waals surface area contributed by atoms with Crippen LogP contribution in [0.2, 0.25) is 0 Å². The molecular weight excluding hydrogens is 204 g/mol. The monoisotopic (exact) mass is 214 g/mol. The summed E-state index contributed by atoms with van der Waals surface area (Å²) in [5, 5.41) is 0.994. The second kappa shape index (κ2) is 3.23. The molecule has 0 amide bonds. The Morgan fingerprint density at radius 1 is 1.38 bits per heavy atom. The molecule has 1 aromatic heterocycles. The van der Waals surface area contributed by atoms with E-state index in [0.717, 1.165) is 27.8 Å². The summed E-state index contributed by atoms with van der Waals surface area (Å²) in [6.45, 7) is 0. The third-order valence-electron chi connectivity index (χ3n) is 2.88. The molecular formula is C13H10O3. The predicted molar refractivity (Wildman–Crippen MR) is 60.5 cm³/mol. The molecule has 0 fully saturated rings. The van der Waals surface area contributed by atoms with Gasteiger partial charge in [-0.1, -0.05) is 0 Å². The van der Waals surface area contributed by atoms with Crippen molar-refractivity contribution in [1.82, 2.24) is 0 Å². The summed E-state index contributed by atoms with van der Waals surface area (Å²) in [6.07, 6.45) is 5.45. The molecule has 1 aromatic carbocycles. The number of ether oxygens (including phenoxy) is 1. The normalized spacial score (nSPS) is 14.2. The fraction of sp³-hybridized carbons (Fsp3) is 0.154. The number of hydrogen-bond acceptors (Lipinski definition) is 3. The summed E-state index contributed by atoms with van der Waals surface area (Å²) in [7, 11) is 1.62. The molecule has 0 atom stereocenters. The minimum absolute atomic E-state index is 0.114.